The van der Waals surface area contributed by atoms with Crippen LogP contribution in [0.4, 0.5) is 4.79 Å². The number of hydrogen-bond acceptors (Lipinski definition) is 3. The number of rotatable bonds is 2. The molecule has 1 atom stereocenters. The van der Waals surface area contributed by atoms with E-state index in [0.717, 1.165) is 19.5 Å². The van der Waals surface area contributed by atoms with Gasteiger partial charge in [0.15, 0.2) is 0 Å². The molecule has 4 heteroatoms. The minimum Gasteiger partial charge on any atom is -0.453 e. The zero-order valence-electron chi connectivity index (χ0n) is 9.37. The van der Waals surface area contributed by atoms with Crippen LogP contribution >= 0.6 is 0 Å². The molecule has 0 bridgehead atoms. The lowest BCUT2D eigenvalue weighted by molar-refractivity contribution is 0.121. The Labute approximate surface area is 91.0 Å². The summed E-state index contributed by atoms with van der Waals surface area (Å²) < 4.78 is 4.77. The van der Waals surface area contributed by atoms with Crippen LogP contribution in [0.5, 0.6) is 0 Å². The molecular formula is C11H20N2O2. The third kappa shape index (κ3) is 3.09. The molecule has 4 nitrogen and oxygen atoms in total. The highest BCUT2D eigenvalue weighted by atomic mass is 16.5. The van der Waals surface area contributed by atoms with Crippen LogP contribution in [0.2, 0.25) is 0 Å². The average molecular weight is 212 g/mol. The lowest BCUT2D eigenvalue weighted by Crippen LogP contribution is -2.43. The van der Waals surface area contributed by atoms with Crippen LogP contribution in [0.3, 0.4) is 0 Å². The fourth-order valence-corrected chi connectivity index (χ4v) is 2.16. The second-order valence-corrected chi connectivity index (χ2v) is 4.55. The number of methoxy groups -OCH3 is 1. The highest BCUT2D eigenvalue weighted by molar-refractivity contribution is 5.67. The summed E-state index contributed by atoms with van der Waals surface area (Å²) in [6.07, 6.45) is 5.91. The van der Waals surface area contributed by atoms with Crippen LogP contribution in [0.1, 0.15) is 32.1 Å². The third-order valence-electron chi connectivity index (χ3n) is 3.15. The van der Waals surface area contributed by atoms with Gasteiger partial charge >= 0.3 is 6.09 Å². The number of carbonyl (C=O) groups excluding carboxylic acids is 1. The molecule has 1 saturated carbocycles. The first-order valence-corrected chi connectivity index (χ1v) is 5.88. The summed E-state index contributed by atoms with van der Waals surface area (Å²) in [5, 5.41) is 3.59. The molecule has 2 aliphatic rings. The Morgan fingerprint density at radius 2 is 2.07 bits per heavy atom. The van der Waals surface area contributed by atoms with E-state index >= 15 is 0 Å². The van der Waals surface area contributed by atoms with Crippen molar-refractivity contribution < 1.29 is 9.53 Å². The van der Waals surface area contributed by atoms with Crippen molar-refractivity contribution in [3.05, 3.63) is 0 Å². The van der Waals surface area contributed by atoms with Gasteiger partial charge in [-0.1, -0.05) is 6.42 Å². The molecule has 1 amide bonds. The fourth-order valence-electron chi connectivity index (χ4n) is 2.16. The molecule has 15 heavy (non-hydrogen) atoms. The normalized spacial score (nSPS) is 27.3. The molecule has 1 saturated heterocycles. The molecule has 1 heterocycles. The minimum atomic E-state index is -0.181. The van der Waals surface area contributed by atoms with Gasteiger partial charge in [-0.25, -0.2) is 4.79 Å². The quantitative estimate of drug-likeness (QED) is 0.751. The van der Waals surface area contributed by atoms with Gasteiger partial charge in [0.2, 0.25) is 0 Å². The number of hydrogen-bond donors (Lipinski definition) is 1. The van der Waals surface area contributed by atoms with Gasteiger partial charge in [0.1, 0.15) is 0 Å². The summed E-state index contributed by atoms with van der Waals surface area (Å²) >= 11 is 0. The van der Waals surface area contributed by atoms with Gasteiger partial charge in [-0.2, -0.15) is 0 Å². The molecule has 86 valence electrons. The molecular weight excluding hydrogens is 192 g/mol. The van der Waals surface area contributed by atoms with Crippen molar-refractivity contribution in [2.24, 2.45) is 0 Å². The Kier molecular flexibility index (Phi) is 3.46. The number of amides is 1. The van der Waals surface area contributed by atoms with E-state index in [-0.39, 0.29) is 6.09 Å². The van der Waals surface area contributed by atoms with Crippen molar-refractivity contribution in [3.8, 4) is 0 Å². The molecule has 1 unspecified atom stereocenters. The van der Waals surface area contributed by atoms with Gasteiger partial charge in [0.05, 0.1) is 7.11 Å². The monoisotopic (exact) mass is 212 g/mol. The van der Waals surface area contributed by atoms with Gasteiger partial charge in [-0.05, 0) is 25.7 Å². The van der Waals surface area contributed by atoms with Crippen molar-refractivity contribution in [3.63, 3.8) is 0 Å². The maximum atomic E-state index is 11.4. The SMILES string of the molecule is COC(=O)N1CCCCC(NC2CC2)C1. The van der Waals surface area contributed by atoms with E-state index in [9.17, 15) is 4.79 Å². The molecule has 2 fully saturated rings. The van der Waals surface area contributed by atoms with E-state index in [1.165, 1.54) is 32.8 Å². The third-order valence-corrected chi connectivity index (χ3v) is 3.15. The smallest absolute Gasteiger partial charge is 0.409 e. The lowest BCUT2D eigenvalue weighted by atomic mass is 10.1. The number of nitrogens with zero attached hydrogens (tertiary/aromatic N) is 1. The first-order valence-electron chi connectivity index (χ1n) is 5.88. The Morgan fingerprint density at radius 3 is 2.73 bits per heavy atom. The van der Waals surface area contributed by atoms with Crippen molar-refractivity contribution in [2.75, 3.05) is 20.2 Å². The Morgan fingerprint density at radius 1 is 1.27 bits per heavy atom. The maximum absolute atomic E-state index is 11.4. The Bertz CT molecular complexity index is 229. The number of likely N-dealkylation sites (tertiary alicyclic amines) is 1. The van der Waals surface area contributed by atoms with Gasteiger partial charge in [0.25, 0.3) is 0 Å². The molecule has 2 rings (SSSR count). The number of ether oxygens (including phenoxy) is 1. The predicted octanol–water partition coefficient (Wildman–Crippen LogP) is 1.36. The summed E-state index contributed by atoms with van der Waals surface area (Å²) in [6.45, 7) is 1.65. The van der Waals surface area contributed by atoms with Crippen LogP contribution in [-0.2, 0) is 4.74 Å². The molecule has 0 aromatic rings. The molecule has 0 spiro atoms. The summed E-state index contributed by atoms with van der Waals surface area (Å²) in [4.78, 5) is 13.3. The van der Waals surface area contributed by atoms with E-state index < -0.39 is 0 Å². The highest BCUT2D eigenvalue weighted by Gasteiger charge is 2.28. The van der Waals surface area contributed by atoms with E-state index in [4.69, 9.17) is 4.74 Å². The topological polar surface area (TPSA) is 41.6 Å². The van der Waals surface area contributed by atoms with Crippen LogP contribution in [0.15, 0.2) is 0 Å². The fraction of sp³-hybridized carbons (Fsp3) is 0.909. The first kappa shape index (κ1) is 10.7. The second-order valence-electron chi connectivity index (χ2n) is 4.55. The minimum absolute atomic E-state index is 0.181. The summed E-state index contributed by atoms with van der Waals surface area (Å²) in [6, 6.07) is 1.19. The van der Waals surface area contributed by atoms with Gasteiger partial charge < -0.3 is 15.0 Å². The summed E-state index contributed by atoms with van der Waals surface area (Å²) in [5.41, 5.74) is 0. The Hall–Kier alpha value is -0.770. The standard InChI is InChI=1S/C11H20N2O2/c1-15-11(14)13-7-3-2-4-10(8-13)12-9-5-6-9/h9-10,12H,2-8H2,1H3. The summed E-state index contributed by atoms with van der Waals surface area (Å²) in [7, 11) is 1.45. The second kappa shape index (κ2) is 4.84. The van der Waals surface area contributed by atoms with Crippen LogP contribution in [0, 0.1) is 0 Å². The lowest BCUT2D eigenvalue weighted by Gasteiger charge is -2.23. The molecule has 0 aromatic heterocycles. The number of nitrogens with one attached hydrogen (secondary N) is 1. The van der Waals surface area contributed by atoms with E-state index in [1.54, 1.807) is 0 Å². The molecule has 1 aliphatic heterocycles. The summed E-state index contributed by atoms with van der Waals surface area (Å²) in [5.74, 6) is 0. The van der Waals surface area contributed by atoms with Gasteiger partial charge in [-0.3, -0.25) is 0 Å². The highest BCUT2D eigenvalue weighted by Crippen LogP contribution is 2.22. The van der Waals surface area contributed by atoms with Gasteiger partial charge in [-0.15, -0.1) is 0 Å². The van der Waals surface area contributed by atoms with Crippen LogP contribution < -0.4 is 5.32 Å². The zero-order valence-corrected chi connectivity index (χ0v) is 9.37. The average Bonchev–Trinajstić information content (AvgIpc) is 3.05. The molecule has 0 aromatic carbocycles. The zero-order chi connectivity index (χ0) is 10.7. The largest absolute Gasteiger partial charge is 0.453 e. The molecule has 1 N–H and O–H groups in total. The van der Waals surface area contributed by atoms with Crippen molar-refractivity contribution in [1.82, 2.24) is 10.2 Å². The van der Waals surface area contributed by atoms with E-state index in [2.05, 4.69) is 5.32 Å². The van der Waals surface area contributed by atoms with E-state index in [1.807, 2.05) is 4.90 Å². The maximum Gasteiger partial charge on any atom is 0.409 e. The Balaban J connectivity index is 1.85. The van der Waals surface area contributed by atoms with Crippen molar-refractivity contribution in [2.45, 2.75) is 44.2 Å². The number of carbonyl (C=O) groups is 1. The van der Waals surface area contributed by atoms with Crippen molar-refractivity contribution in [1.29, 1.82) is 0 Å². The van der Waals surface area contributed by atoms with Gasteiger partial charge in [0, 0.05) is 25.2 Å². The first-order chi connectivity index (χ1) is 7.29. The van der Waals surface area contributed by atoms with E-state index in [0.29, 0.717) is 12.1 Å². The predicted molar refractivity (Wildman–Crippen MR) is 57.8 cm³/mol. The van der Waals surface area contributed by atoms with Crippen molar-refractivity contribution >= 4 is 6.09 Å². The van der Waals surface area contributed by atoms with Crippen LogP contribution in [-0.4, -0.2) is 43.3 Å². The molecule has 0 radical (unpaired) electrons. The van der Waals surface area contributed by atoms with Crippen LogP contribution in [0.25, 0.3) is 0 Å². The molecule has 1 aliphatic carbocycles.